The molecule has 0 aromatic carbocycles. The highest BCUT2D eigenvalue weighted by molar-refractivity contribution is 7.18. The molecule has 0 amide bonds. The van der Waals surface area contributed by atoms with E-state index in [9.17, 15) is 18.0 Å². The highest BCUT2D eigenvalue weighted by Gasteiger charge is 2.35. The van der Waals surface area contributed by atoms with E-state index in [1.54, 1.807) is 0 Å². The van der Waals surface area contributed by atoms with Crippen molar-refractivity contribution in [2.24, 2.45) is 0 Å². The standard InChI is InChI=1S/C12H9F3N4OS2/c1-5-6(2)21-9-8(5)10(20)19(4-16-9)3-7-17-18-11(22-7)12(13,14)15/h4H,3H2,1-2H3. The predicted molar refractivity (Wildman–Crippen MR) is 77.4 cm³/mol. The Morgan fingerprint density at radius 1 is 1.23 bits per heavy atom. The van der Waals surface area contributed by atoms with Crippen LogP contribution in [-0.4, -0.2) is 19.7 Å². The summed E-state index contributed by atoms with van der Waals surface area (Å²) in [5, 5.41) is 6.19. The molecule has 0 aliphatic rings. The average molecular weight is 346 g/mol. The first-order valence-electron chi connectivity index (χ1n) is 6.12. The quantitative estimate of drug-likeness (QED) is 0.716. The largest absolute Gasteiger partial charge is 0.445 e. The fourth-order valence-corrected chi connectivity index (χ4v) is 3.65. The zero-order valence-electron chi connectivity index (χ0n) is 11.4. The van der Waals surface area contributed by atoms with Crippen molar-refractivity contribution in [3.05, 3.63) is 37.1 Å². The lowest BCUT2D eigenvalue weighted by molar-refractivity contribution is -0.138. The van der Waals surface area contributed by atoms with E-state index in [2.05, 4.69) is 15.2 Å². The van der Waals surface area contributed by atoms with Crippen LogP contribution < -0.4 is 5.56 Å². The maximum absolute atomic E-state index is 12.5. The van der Waals surface area contributed by atoms with Crippen LogP contribution in [-0.2, 0) is 12.7 Å². The molecule has 3 rings (SSSR count). The maximum Gasteiger partial charge on any atom is 0.445 e. The summed E-state index contributed by atoms with van der Waals surface area (Å²) in [6.45, 7) is 3.64. The molecule has 10 heteroatoms. The molecule has 0 radical (unpaired) electrons. The first-order chi connectivity index (χ1) is 10.3. The number of rotatable bonds is 2. The number of aromatic nitrogens is 4. The highest BCUT2D eigenvalue weighted by atomic mass is 32.1. The van der Waals surface area contributed by atoms with Gasteiger partial charge in [0.25, 0.3) is 5.56 Å². The Bertz CT molecular complexity index is 909. The molecule has 0 fully saturated rings. The van der Waals surface area contributed by atoms with Gasteiger partial charge in [0.05, 0.1) is 18.3 Å². The van der Waals surface area contributed by atoms with Crippen molar-refractivity contribution in [3.63, 3.8) is 0 Å². The molecule has 5 nitrogen and oxygen atoms in total. The molecule has 22 heavy (non-hydrogen) atoms. The number of alkyl halides is 3. The molecule has 3 aromatic heterocycles. The minimum Gasteiger partial charge on any atom is -0.292 e. The summed E-state index contributed by atoms with van der Waals surface area (Å²) in [4.78, 5) is 18.2. The van der Waals surface area contributed by atoms with Crippen molar-refractivity contribution in [1.82, 2.24) is 19.7 Å². The van der Waals surface area contributed by atoms with Crippen LogP contribution >= 0.6 is 22.7 Å². The Morgan fingerprint density at radius 3 is 2.59 bits per heavy atom. The van der Waals surface area contributed by atoms with Gasteiger partial charge in [-0.1, -0.05) is 11.3 Å². The number of hydrogen-bond donors (Lipinski definition) is 0. The number of nitrogens with zero attached hydrogens (tertiary/aromatic N) is 4. The van der Waals surface area contributed by atoms with Gasteiger partial charge in [-0.15, -0.1) is 21.5 Å². The van der Waals surface area contributed by atoms with E-state index in [-0.39, 0.29) is 17.1 Å². The van der Waals surface area contributed by atoms with Crippen molar-refractivity contribution in [1.29, 1.82) is 0 Å². The number of hydrogen-bond acceptors (Lipinski definition) is 6. The molecule has 0 saturated carbocycles. The van der Waals surface area contributed by atoms with Crippen LogP contribution in [0.4, 0.5) is 13.2 Å². The minimum absolute atomic E-state index is 0.0795. The lowest BCUT2D eigenvalue weighted by Gasteiger charge is -2.02. The van der Waals surface area contributed by atoms with Gasteiger partial charge < -0.3 is 0 Å². The predicted octanol–water partition coefficient (Wildman–Crippen LogP) is 2.99. The van der Waals surface area contributed by atoms with E-state index in [4.69, 9.17) is 0 Å². The Labute approximate surface area is 130 Å². The summed E-state index contributed by atoms with van der Waals surface area (Å²) >= 11 is 1.84. The van der Waals surface area contributed by atoms with Crippen LogP contribution in [0.15, 0.2) is 11.1 Å². The zero-order chi connectivity index (χ0) is 16.1. The van der Waals surface area contributed by atoms with Crippen molar-refractivity contribution in [2.45, 2.75) is 26.6 Å². The SMILES string of the molecule is Cc1sc2ncn(Cc3nnc(C(F)(F)F)s3)c(=O)c2c1C. The molecule has 0 bridgehead atoms. The van der Waals surface area contributed by atoms with E-state index in [0.29, 0.717) is 21.6 Å². The number of thiophene rings is 1. The van der Waals surface area contributed by atoms with Crippen molar-refractivity contribution >= 4 is 32.9 Å². The maximum atomic E-state index is 12.5. The van der Waals surface area contributed by atoms with Gasteiger partial charge in [0, 0.05) is 4.88 Å². The van der Waals surface area contributed by atoms with Gasteiger partial charge in [0.15, 0.2) is 0 Å². The molecule has 3 heterocycles. The number of fused-ring (bicyclic) bond motifs is 1. The molecular weight excluding hydrogens is 337 g/mol. The third kappa shape index (κ3) is 2.52. The summed E-state index contributed by atoms with van der Waals surface area (Å²) in [7, 11) is 0. The van der Waals surface area contributed by atoms with Crippen LogP contribution in [0.5, 0.6) is 0 Å². The highest BCUT2D eigenvalue weighted by Crippen LogP contribution is 2.31. The van der Waals surface area contributed by atoms with Gasteiger partial charge in [-0.2, -0.15) is 13.2 Å². The van der Waals surface area contributed by atoms with Gasteiger partial charge >= 0.3 is 6.18 Å². The minimum atomic E-state index is -4.52. The molecule has 0 spiro atoms. The third-order valence-electron chi connectivity index (χ3n) is 3.17. The van der Waals surface area contributed by atoms with Crippen LogP contribution in [0.25, 0.3) is 10.2 Å². The molecule has 0 saturated heterocycles. The lowest BCUT2D eigenvalue weighted by atomic mass is 10.2. The molecule has 3 aromatic rings. The Kier molecular flexibility index (Phi) is 3.52. The Morgan fingerprint density at radius 2 is 1.95 bits per heavy atom. The molecular formula is C12H9F3N4OS2. The molecule has 0 N–H and O–H groups in total. The Balaban J connectivity index is 2.01. The molecule has 116 valence electrons. The van der Waals surface area contributed by atoms with E-state index >= 15 is 0 Å². The fraction of sp³-hybridized carbons (Fsp3) is 0.333. The van der Waals surface area contributed by atoms with Crippen LogP contribution in [0.1, 0.15) is 20.5 Å². The molecule has 0 unspecified atom stereocenters. The van der Waals surface area contributed by atoms with Crippen LogP contribution in [0.3, 0.4) is 0 Å². The van der Waals surface area contributed by atoms with E-state index in [0.717, 1.165) is 10.4 Å². The second-order valence-corrected chi connectivity index (χ2v) is 6.91. The van der Waals surface area contributed by atoms with Crippen molar-refractivity contribution in [3.8, 4) is 0 Å². The third-order valence-corrected chi connectivity index (χ3v) is 5.24. The van der Waals surface area contributed by atoms with Crippen LogP contribution in [0.2, 0.25) is 0 Å². The van der Waals surface area contributed by atoms with E-state index in [1.165, 1.54) is 22.2 Å². The van der Waals surface area contributed by atoms with Gasteiger partial charge in [-0.25, -0.2) is 4.98 Å². The summed E-state index contributed by atoms with van der Waals surface area (Å²) in [5.41, 5.74) is 0.565. The van der Waals surface area contributed by atoms with Gasteiger partial charge in [0.2, 0.25) is 5.01 Å². The number of halogens is 3. The summed E-state index contributed by atoms with van der Waals surface area (Å²) in [6, 6.07) is 0. The molecule has 0 aliphatic heterocycles. The summed E-state index contributed by atoms with van der Waals surface area (Å²) in [6.07, 6.45) is -3.20. The monoisotopic (exact) mass is 346 g/mol. The summed E-state index contributed by atoms with van der Waals surface area (Å²) < 4.78 is 38.8. The average Bonchev–Trinajstić information content (AvgIpc) is 2.99. The summed E-state index contributed by atoms with van der Waals surface area (Å²) in [5.74, 6) is 0. The van der Waals surface area contributed by atoms with Crippen LogP contribution in [0, 0.1) is 13.8 Å². The fourth-order valence-electron chi connectivity index (χ4n) is 1.96. The molecule has 0 aliphatic carbocycles. The normalized spacial score (nSPS) is 12.2. The topological polar surface area (TPSA) is 60.7 Å². The Hall–Kier alpha value is -1.81. The lowest BCUT2D eigenvalue weighted by Crippen LogP contribution is -2.21. The van der Waals surface area contributed by atoms with Gasteiger partial charge in [0.1, 0.15) is 9.84 Å². The first kappa shape index (κ1) is 15.1. The second kappa shape index (κ2) is 5.13. The van der Waals surface area contributed by atoms with Gasteiger partial charge in [-0.3, -0.25) is 9.36 Å². The smallest absolute Gasteiger partial charge is 0.292 e. The number of aryl methyl sites for hydroxylation is 2. The van der Waals surface area contributed by atoms with Gasteiger partial charge in [-0.05, 0) is 19.4 Å². The second-order valence-electron chi connectivity index (χ2n) is 4.64. The van der Waals surface area contributed by atoms with Crippen molar-refractivity contribution < 1.29 is 13.2 Å². The first-order valence-corrected chi connectivity index (χ1v) is 7.75. The van der Waals surface area contributed by atoms with E-state index < -0.39 is 11.2 Å². The molecule has 0 atom stereocenters. The van der Waals surface area contributed by atoms with Crippen molar-refractivity contribution in [2.75, 3.05) is 0 Å². The zero-order valence-corrected chi connectivity index (χ0v) is 13.1. The van der Waals surface area contributed by atoms with E-state index in [1.807, 2.05) is 13.8 Å².